The molecule has 85 heavy (non-hydrogen) atoms. The van der Waals surface area contributed by atoms with Gasteiger partial charge in [0.25, 0.3) is 6.71 Å². The average molecular weight is 1310 g/mol. The number of fused-ring (bicyclic) bond motifs is 9. The minimum atomic E-state index is -0.275. The van der Waals surface area contributed by atoms with E-state index in [0.717, 1.165) is 66.8 Å². The molecule has 8 aromatic carbocycles. The zero-order valence-corrected chi connectivity index (χ0v) is 54.3. The summed E-state index contributed by atoms with van der Waals surface area (Å²) in [5.74, 6) is -0.275. The van der Waals surface area contributed by atoms with Crippen LogP contribution < -0.4 is 26.2 Å². The summed E-state index contributed by atoms with van der Waals surface area (Å²) in [5.41, 5.74) is 26.2. The molecule has 11 aromatic rings. The normalized spacial score (nSPS) is 13.4. The Morgan fingerprint density at radius 2 is 1.19 bits per heavy atom. The summed E-state index contributed by atoms with van der Waals surface area (Å²) < 4.78 is 19.5. The van der Waals surface area contributed by atoms with Gasteiger partial charge in [0.1, 0.15) is 5.58 Å². The maximum absolute atomic E-state index is 12.7. The van der Waals surface area contributed by atoms with Crippen molar-refractivity contribution in [3.05, 3.63) is 221 Å². The summed E-state index contributed by atoms with van der Waals surface area (Å²) in [6, 6.07) is 63.4. The zero-order chi connectivity index (χ0) is 58.9. The van der Waals surface area contributed by atoms with E-state index < -0.39 is 0 Å². The zero-order valence-electron chi connectivity index (χ0n) is 51.1. The summed E-state index contributed by atoms with van der Waals surface area (Å²) in [4.78, 5) is 16.7. The summed E-state index contributed by atoms with van der Waals surface area (Å²) in [6.07, 6.45) is 3.65. The van der Waals surface area contributed by atoms with E-state index in [0.29, 0.717) is 0 Å². The summed E-state index contributed by atoms with van der Waals surface area (Å²) in [7, 11) is 0. The van der Waals surface area contributed by atoms with E-state index in [1.807, 2.05) is 68.3 Å². The first-order valence-corrected chi connectivity index (χ1v) is 30.1. The molecule has 0 bridgehead atoms. The fourth-order valence-electron chi connectivity index (χ4n) is 12.2. The number of pyridine rings is 2. The molecule has 3 aliphatic heterocycles. The molecule has 0 aliphatic carbocycles. The summed E-state index contributed by atoms with van der Waals surface area (Å²) in [5, 5.41) is 2.14. The fraction of sp³-hybridized carbons (Fsp3) is 0.237. The van der Waals surface area contributed by atoms with Crippen LogP contribution in [0.1, 0.15) is 116 Å². The van der Waals surface area contributed by atoms with Crippen LogP contribution >= 0.6 is 11.8 Å². The Morgan fingerprint density at radius 1 is 0.529 bits per heavy atom. The van der Waals surface area contributed by atoms with Crippen LogP contribution in [0, 0.1) is 31.8 Å². The van der Waals surface area contributed by atoms with Gasteiger partial charge in [-0.3, -0.25) is 4.39 Å². The number of anilines is 6. The van der Waals surface area contributed by atoms with Crippen LogP contribution in [0.5, 0.6) is 0 Å². The number of rotatable bonds is 4. The fourth-order valence-corrected chi connectivity index (χ4v) is 13.4. The second kappa shape index (κ2) is 21.2. The Morgan fingerprint density at radius 3 is 1.85 bits per heavy atom. The Kier molecular flexibility index (Phi) is 14.4. The number of nitrogens with zero attached hydrogens (tertiary/aromatic N) is 4. The topological polar surface area (TPSA) is 45.4 Å². The molecule has 0 unspecified atom stereocenters. The minimum Gasteiger partial charge on any atom is -0.501 e. The SMILES string of the molecule is CC(C)(C)c1ccc(N2c3ccc(C(C)(C)C)cc3B3c4cc(C(C)(C)C)cc5c4N(c4ccc(C(C)(C)C)cc4S5)c4cc(-c5ccc6c(c5)oc5c(-c7ccccn7)[c-]ccc56)cc2c43)cc1.Cc1cnc(-c2[c-]cc(F)cc2)cc1C.[Ir]. The molecule has 3 aliphatic rings. The smallest absolute Gasteiger partial charge is 0.252 e. The van der Waals surface area contributed by atoms with Crippen molar-refractivity contribution in [3.63, 3.8) is 0 Å². The molecule has 5 nitrogen and oxygen atoms in total. The monoisotopic (exact) mass is 1310 g/mol. The van der Waals surface area contributed by atoms with Gasteiger partial charge in [0, 0.05) is 76.2 Å². The molecular weight excluding hydrogens is 1240 g/mol. The van der Waals surface area contributed by atoms with Crippen molar-refractivity contribution in [2.75, 3.05) is 9.80 Å². The van der Waals surface area contributed by atoms with Crippen molar-refractivity contribution < 1.29 is 28.9 Å². The molecule has 0 spiro atoms. The minimum absolute atomic E-state index is 0. The summed E-state index contributed by atoms with van der Waals surface area (Å²) in [6.45, 7) is 32.0. The number of aryl methyl sites for hydroxylation is 2. The van der Waals surface area contributed by atoms with Gasteiger partial charge in [-0.25, -0.2) is 0 Å². The average Bonchev–Trinajstić information content (AvgIpc) is 1.14. The third-order valence-corrected chi connectivity index (χ3v) is 18.3. The molecule has 0 amide bonds. The van der Waals surface area contributed by atoms with Crippen molar-refractivity contribution >= 4 is 90.9 Å². The first-order chi connectivity index (χ1) is 39.9. The van der Waals surface area contributed by atoms with Crippen LogP contribution in [0.3, 0.4) is 0 Å². The first kappa shape index (κ1) is 57.9. The van der Waals surface area contributed by atoms with Crippen molar-refractivity contribution in [3.8, 4) is 33.6 Å². The second-order valence-electron chi connectivity index (χ2n) is 27.2. The van der Waals surface area contributed by atoms with Gasteiger partial charge < -0.3 is 24.2 Å². The molecule has 9 heteroatoms. The Hall–Kier alpha value is -7.55. The van der Waals surface area contributed by atoms with Gasteiger partial charge in [-0.1, -0.05) is 178 Å². The largest absolute Gasteiger partial charge is 0.501 e. The molecule has 14 rings (SSSR count). The summed E-state index contributed by atoms with van der Waals surface area (Å²) >= 11 is 1.94. The molecule has 427 valence electrons. The molecule has 1 radical (unpaired) electrons. The van der Waals surface area contributed by atoms with Gasteiger partial charge in [-0.15, -0.1) is 48.0 Å². The number of hydrogen-bond acceptors (Lipinski definition) is 6. The molecule has 0 saturated heterocycles. The molecule has 6 heterocycles. The molecule has 0 N–H and O–H groups in total. The van der Waals surface area contributed by atoms with Crippen molar-refractivity contribution in [1.29, 1.82) is 0 Å². The van der Waals surface area contributed by atoms with Crippen molar-refractivity contribution in [2.45, 2.75) is 128 Å². The van der Waals surface area contributed by atoms with Gasteiger partial charge in [-0.05, 0) is 163 Å². The van der Waals surface area contributed by atoms with E-state index in [9.17, 15) is 4.39 Å². The number of aromatic nitrogens is 2. The van der Waals surface area contributed by atoms with Gasteiger partial charge in [0.15, 0.2) is 0 Å². The predicted octanol–water partition coefficient (Wildman–Crippen LogP) is 19.2. The maximum atomic E-state index is 12.7. The van der Waals surface area contributed by atoms with Crippen LogP contribution in [0.4, 0.5) is 38.5 Å². The van der Waals surface area contributed by atoms with Crippen LogP contribution in [-0.4, -0.2) is 16.7 Å². The second-order valence-corrected chi connectivity index (χ2v) is 28.3. The van der Waals surface area contributed by atoms with E-state index in [-0.39, 0.29) is 54.3 Å². The van der Waals surface area contributed by atoms with Crippen LogP contribution in [0.25, 0.3) is 55.6 Å². The van der Waals surface area contributed by atoms with Gasteiger partial charge >= 0.3 is 0 Å². The first-order valence-electron chi connectivity index (χ1n) is 29.3. The van der Waals surface area contributed by atoms with Crippen LogP contribution in [0.15, 0.2) is 184 Å². The number of furan rings is 1. The molecular formula is C76H70BFIrN4OS-2. The van der Waals surface area contributed by atoms with Gasteiger partial charge in [-0.2, -0.15) is 0 Å². The van der Waals surface area contributed by atoms with Gasteiger partial charge in [0.2, 0.25) is 0 Å². The van der Waals surface area contributed by atoms with E-state index >= 15 is 0 Å². The van der Waals surface area contributed by atoms with E-state index in [1.54, 1.807) is 6.07 Å². The third kappa shape index (κ3) is 10.3. The Bertz CT molecular complexity index is 4430. The number of hydrogen-bond donors (Lipinski definition) is 0. The quantitative estimate of drug-likeness (QED) is 0.129. The maximum Gasteiger partial charge on any atom is 0.252 e. The van der Waals surface area contributed by atoms with Crippen molar-refractivity contribution in [2.24, 2.45) is 0 Å². The third-order valence-electron chi connectivity index (χ3n) is 17.2. The number of halogens is 1. The van der Waals surface area contributed by atoms with Crippen LogP contribution in [-0.2, 0) is 41.8 Å². The number of benzene rings is 8. The van der Waals surface area contributed by atoms with E-state index in [1.165, 1.54) is 94.6 Å². The molecule has 0 saturated carbocycles. The molecule has 0 fully saturated rings. The van der Waals surface area contributed by atoms with E-state index in [4.69, 9.17) is 4.42 Å². The predicted molar refractivity (Wildman–Crippen MR) is 352 cm³/mol. The van der Waals surface area contributed by atoms with Crippen LogP contribution in [0.2, 0.25) is 0 Å². The molecule has 0 atom stereocenters. The Labute approximate surface area is 519 Å². The standard InChI is InChI=1S/C63H59BN3OS.C13H11FN.Ir/c1-60(2,3)39-20-24-43(25-21-39)66-50-27-22-40(61(4,5)6)33-47(50)64-48-34-42(63(10,11)12)36-56-58(48)67(51-28-23-41(62(7,8)9)35-55(51)69-56)53-31-38(30-52(66)57(53)64)37-19-26-44-45-16-15-17-46(49-18-13-14-29-65-49)59(45)68-54(44)32-37;1-9-7-13(15-8-10(9)2)11-3-5-12(14)6-4-11;/h13-16,18-36H,1-12H3;3,5-8H,1-2H3;/q2*-1;. The van der Waals surface area contributed by atoms with E-state index in [2.05, 4.69) is 224 Å². The van der Waals surface area contributed by atoms with Crippen molar-refractivity contribution in [1.82, 2.24) is 9.97 Å². The Balaban J connectivity index is 0.000000386. The molecule has 3 aromatic heterocycles. The van der Waals surface area contributed by atoms with Gasteiger partial charge in [0.05, 0.1) is 17.0 Å².